The van der Waals surface area contributed by atoms with Gasteiger partial charge in [0, 0.05) is 19.1 Å². The van der Waals surface area contributed by atoms with Crippen molar-refractivity contribution >= 4 is 10.0 Å². The number of piperidine rings is 1. The monoisotopic (exact) mass is 336 g/mol. The van der Waals surface area contributed by atoms with Crippen LogP contribution in [0, 0.1) is 5.92 Å². The van der Waals surface area contributed by atoms with Crippen molar-refractivity contribution in [3.63, 3.8) is 0 Å². The Labute approximate surface area is 128 Å². The maximum absolute atomic E-state index is 13.1. The molecule has 1 aromatic rings. The van der Waals surface area contributed by atoms with Crippen LogP contribution in [0.4, 0.5) is 13.2 Å². The second kappa shape index (κ2) is 6.17. The van der Waals surface area contributed by atoms with Crippen LogP contribution < -0.4 is 5.73 Å². The molecule has 1 saturated heterocycles. The molecule has 8 heteroatoms. The molecule has 0 radical (unpaired) electrons. The maximum Gasteiger partial charge on any atom is 0.417 e. The number of rotatable bonds is 3. The van der Waals surface area contributed by atoms with E-state index in [9.17, 15) is 21.6 Å². The van der Waals surface area contributed by atoms with Gasteiger partial charge in [-0.05, 0) is 30.9 Å². The fraction of sp³-hybridized carbons (Fsp3) is 0.571. The molecule has 1 aromatic carbocycles. The first-order valence-corrected chi connectivity index (χ1v) is 8.51. The zero-order valence-corrected chi connectivity index (χ0v) is 13.0. The molecule has 1 aliphatic rings. The molecule has 1 heterocycles. The summed E-state index contributed by atoms with van der Waals surface area (Å²) >= 11 is 0. The molecule has 4 nitrogen and oxygen atoms in total. The van der Waals surface area contributed by atoms with Gasteiger partial charge in [0.2, 0.25) is 10.0 Å². The Hall–Kier alpha value is -1.12. The van der Waals surface area contributed by atoms with Gasteiger partial charge in [0.15, 0.2) is 0 Å². The molecule has 22 heavy (non-hydrogen) atoms. The van der Waals surface area contributed by atoms with Crippen molar-refractivity contribution in [1.82, 2.24) is 4.31 Å². The van der Waals surface area contributed by atoms with Crippen LogP contribution in [0.3, 0.4) is 0 Å². The van der Waals surface area contributed by atoms with Crippen LogP contribution in [0.1, 0.15) is 25.3 Å². The number of benzene rings is 1. The Morgan fingerprint density at radius 3 is 2.55 bits per heavy atom. The van der Waals surface area contributed by atoms with Gasteiger partial charge < -0.3 is 5.73 Å². The highest BCUT2D eigenvalue weighted by atomic mass is 32.2. The van der Waals surface area contributed by atoms with Gasteiger partial charge in [-0.25, -0.2) is 8.42 Å². The van der Waals surface area contributed by atoms with Crippen molar-refractivity contribution < 1.29 is 21.6 Å². The van der Waals surface area contributed by atoms with Crippen molar-refractivity contribution in [2.45, 2.75) is 36.9 Å². The number of alkyl halides is 3. The van der Waals surface area contributed by atoms with E-state index < -0.39 is 32.7 Å². The van der Waals surface area contributed by atoms with E-state index in [2.05, 4.69) is 0 Å². The van der Waals surface area contributed by atoms with Crippen molar-refractivity contribution in [3.05, 3.63) is 29.8 Å². The lowest BCUT2D eigenvalue weighted by Crippen LogP contribution is -2.51. The summed E-state index contributed by atoms with van der Waals surface area (Å²) in [6.07, 6.45) is -3.29. The Bertz CT molecular complexity index is 631. The summed E-state index contributed by atoms with van der Waals surface area (Å²) in [5.74, 6) is 0.0200. The number of sulfonamides is 1. The first kappa shape index (κ1) is 17.2. The number of hydrogen-bond acceptors (Lipinski definition) is 3. The van der Waals surface area contributed by atoms with Gasteiger partial charge in [0.05, 0.1) is 10.5 Å². The Morgan fingerprint density at radius 1 is 1.32 bits per heavy atom. The van der Waals surface area contributed by atoms with Gasteiger partial charge in [-0.1, -0.05) is 19.1 Å². The minimum Gasteiger partial charge on any atom is -0.329 e. The third-order valence-corrected chi connectivity index (χ3v) is 6.07. The highest BCUT2D eigenvalue weighted by Crippen LogP contribution is 2.37. The Morgan fingerprint density at radius 2 is 1.95 bits per heavy atom. The highest BCUT2D eigenvalue weighted by molar-refractivity contribution is 7.89. The number of nitrogens with zero attached hydrogens (tertiary/aromatic N) is 1. The van der Waals surface area contributed by atoms with Gasteiger partial charge in [-0.3, -0.25) is 0 Å². The molecule has 2 N–H and O–H groups in total. The average molecular weight is 336 g/mol. The van der Waals surface area contributed by atoms with E-state index in [-0.39, 0.29) is 19.0 Å². The third-order valence-electron chi connectivity index (χ3n) is 4.09. The first-order valence-electron chi connectivity index (χ1n) is 7.07. The zero-order chi connectivity index (χ0) is 16.5. The number of halogens is 3. The topological polar surface area (TPSA) is 63.4 Å². The van der Waals surface area contributed by atoms with Crippen LogP contribution in [-0.2, 0) is 16.2 Å². The molecule has 0 saturated carbocycles. The standard InChI is InChI=1S/C14H19F3N2O2S/c1-10-5-4-8-19(12(10)9-18)22(20,21)13-7-3-2-6-11(13)14(15,16)17/h2-3,6-7,10,12H,4-5,8-9,18H2,1H3. The largest absolute Gasteiger partial charge is 0.417 e. The van der Waals surface area contributed by atoms with E-state index >= 15 is 0 Å². The van der Waals surface area contributed by atoms with Crippen molar-refractivity contribution in [2.24, 2.45) is 11.7 Å². The quantitative estimate of drug-likeness (QED) is 0.922. The summed E-state index contributed by atoms with van der Waals surface area (Å²) in [5.41, 5.74) is 4.52. The van der Waals surface area contributed by atoms with Crippen molar-refractivity contribution in [1.29, 1.82) is 0 Å². The van der Waals surface area contributed by atoms with Crippen LogP contribution >= 0.6 is 0 Å². The predicted molar refractivity (Wildman–Crippen MR) is 76.6 cm³/mol. The molecule has 2 unspecified atom stereocenters. The van der Waals surface area contributed by atoms with Crippen molar-refractivity contribution in [2.75, 3.05) is 13.1 Å². The van der Waals surface area contributed by atoms with Crippen LogP contribution in [0.15, 0.2) is 29.2 Å². The fourth-order valence-electron chi connectivity index (χ4n) is 2.91. The van der Waals surface area contributed by atoms with E-state index in [4.69, 9.17) is 5.73 Å². The van der Waals surface area contributed by atoms with Gasteiger partial charge in [0.25, 0.3) is 0 Å². The average Bonchev–Trinajstić information content (AvgIpc) is 2.46. The minimum atomic E-state index is -4.72. The number of hydrogen-bond donors (Lipinski definition) is 1. The fourth-order valence-corrected chi connectivity index (χ4v) is 4.90. The van der Waals surface area contributed by atoms with Crippen LogP contribution in [0.5, 0.6) is 0 Å². The molecule has 124 valence electrons. The molecule has 1 fully saturated rings. The molecule has 0 aliphatic carbocycles. The molecule has 0 spiro atoms. The van der Waals surface area contributed by atoms with Crippen molar-refractivity contribution in [3.8, 4) is 0 Å². The van der Waals surface area contributed by atoms with Gasteiger partial charge >= 0.3 is 6.18 Å². The summed E-state index contributed by atoms with van der Waals surface area (Å²) in [6, 6.07) is 3.80. The molecule has 0 aromatic heterocycles. The predicted octanol–water partition coefficient (Wildman–Crippen LogP) is 2.45. The van der Waals surface area contributed by atoms with E-state index in [1.165, 1.54) is 12.1 Å². The lowest BCUT2D eigenvalue weighted by molar-refractivity contribution is -0.139. The lowest BCUT2D eigenvalue weighted by atomic mass is 9.93. The molecule has 2 atom stereocenters. The van der Waals surface area contributed by atoms with Crippen LogP contribution in [-0.4, -0.2) is 31.9 Å². The van der Waals surface area contributed by atoms with E-state index in [1.807, 2.05) is 6.92 Å². The van der Waals surface area contributed by atoms with E-state index in [0.717, 1.165) is 22.9 Å². The number of nitrogens with two attached hydrogens (primary N) is 1. The minimum absolute atomic E-state index is 0.0200. The van der Waals surface area contributed by atoms with E-state index in [1.54, 1.807) is 0 Å². The molecule has 2 rings (SSSR count). The van der Waals surface area contributed by atoms with Crippen LogP contribution in [0.2, 0.25) is 0 Å². The second-order valence-electron chi connectivity index (χ2n) is 5.53. The maximum atomic E-state index is 13.1. The molecular formula is C14H19F3N2O2S. The molecular weight excluding hydrogens is 317 g/mol. The van der Waals surface area contributed by atoms with E-state index in [0.29, 0.717) is 6.42 Å². The summed E-state index contributed by atoms with van der Waals surface area (Å²) < 4.78 is 65.9. The SMILES string of the molecule is CC1CCCN(S(=O)(=O)c2ccccc2C(F)(F)F)C1CN. The summed E-state index contributed by atoms with van der Waals surface area (Å²) in [5, 5.41) is 0. The normalized spacial score (nSPS) is 24.4. The molecule has 0 bridgehead atoms. The smallest absolute Gasteiger partial charge is 0.329 e. The summed E-state index contributed by atoms with van der Waals surface area (Å²) in [7, 11) is -4.24. The molecule has 1 aliphatic heterocycles. The first-order chi connectivity index (χ1) is 10.2. The Balaban J connectivity index is 2.51. The molecule has 0 amide bonds. The van der Waals surface area contributed by atoms with Gasteiger partial charge in [0.1, 0.15) is 0 Å². The summed E-state index contributed by atoms with van der Waals surface area (Å²) in [6.45, 7) is 2.16. The third kappa shape index (κ3) is 3.13. The Kier molecular flexibility index (Phi) is 4.84. The lowest BCUT2D eigenvalue weighted by Gasteiger charge is -2.38. The van der Waals surface area contributed by atoms with Gasteiger partial charge in [-0.2, -0.15) is 17.5 Å². The van der Waals surface area contributed by atoms with Gasteiger partial charge in [-0.15, -0.1) is 0 Å². The second-order valence-corrected chi connectivity index (χ2v) is 7.39. The summed E-state index contributed by atoms with van der Waals surface area (Å²) in [4.78, 5) is -0.699. The zero-order valence-electron chi connectivity index (χ0n) is 12.2. The highest BCUT2D eigenvalue weighted by Gasteiger charge is 2.42. The van der Waals surface area contributed by atoms with Crippen LogP contribution in [0.25, 0.3) is 0 Å².